The lowest BCUT2D eigenvalue weighted by Gasteiger charge is -2.15. The van der Waals surface area contributed by atoms with Gasteiger partial charge < -0.3 is 4.74 Å². The van der Waals surface area contributed by atoms with E-state index in [1.807, 2.05) is 34.7 Å². The molecule has 0 aliphatic rings. The number of ether oxygens (including phenoxy) is 1. The van der Waals surface area contributed by atoms with Crippen molar-refractivity contribution >= 4 is 16.6 Å². The van der Waals surface area contributed by atoms with Gasteiger partial charge >= 0.3 is 5.69 Å². The average molecular weight is 410 g/mol. The minimum absolute atomic E-state index is 0.0832. The number of imidazole rings is 2. The van der Waals surface area contributed by atoms with E-state index in [-0.39, 0.29) is 5.69 Å². The lowest BCUT2D eigenvalue weighted by Crippen LogP contribution is -2.19. The van der Waals surface area contributed by atoms with Crippen LogP contribution in [0.5, 0.6) is 5.88 Å². The van der Waals surface area contributed by atoms with Crippen molar-refractivity contribution in [1.82, 2.24) is 23.5 Å². The molecule has 0 unspecified atom stereocenters. The van der Waals surface area contributed by atoms with Gasteiger partial charge in [0.05, 0.1) is 53.7 Å². The minimum atomic E-state index is -0.0832. The van der Waals surface area contributed by atoms with Crippen molar-refractivity contribution in [1.29, 1.82) is 5.26 Å². The van der Waals surface area contributed by atoms with Crippen molar-refractivity contribution < 1.29 is 4.74 Å². The van der Waals surface area contributed by atoms with Crippen LogP contribution in [0.4, 0.5) is 0 Å². The van der Waals surface area contributed by atoms with Gasteiger partial charge in [0.15, 0.2) is 0 Å². The Morgan fingerprint density at radius 1 is 0.968 bits per heavy atom. The zero-order valence-electron chi connectivity index (χ0n) is 17.2. The maximum atomic E-state index is 12.4. The Morgan fingerprint density at radius 2 is 1.68 bits per heavy atom. The number of aromatic nitrogens is 5. The van der Waals surface area contributed by atoms with Gasteiger partial charge in [-0.15, -0.1) is 0 Å². The van der Waals surface area contributed by atoms with Crippen LogP contribution < -0.4 is 10.4 Å². The van der Waals surface area contributed by atoms with Gasteiger partial charge in [0.2, 0.25) is 5.88 Å². The Bertz CT molecular complexity index is 1560. The summed E-state index contributed by atoms with van der Waals surface area (Å²) >= 11 is 0. The third-order valence-electron chi connectivity index (χ3n) is 5.56. The molecule has 0 bridgehead atoms. The van der Waals surface area contributed by atoms with Gasteiger partial charge in [0.25, 0.3) is 0 Å². The van der Waals surface area contributed by atoms with Crippen molar-refractivity contribution in [3.8, 4) is 34.5 Å². The van der Waals surface area contributed by atoms with Crippen LogP contribution in [0.15, 0.2) is 59.8 Å². The molecule has 0 aliphatic carbocycles. The number of nitriles is 1. The molecule has 0 aliphatic heterocycles. The molecule has 152 valence electrons. The molecule has 0 saturated heterocycles. The van der Waals surface area contributed by atoms with E-state index in [0.717, 1.165) is 33.4 Å². The molecule has 0 atom stereocenters. The molecule has 0 saturated carbocycles. The van der Waals surface area contributed by atoms with Crippen LogP contribution in [0.25, 0.3) is 39.1 Å². The third kappa shape index (κ3) is 2.71. The summed E-state index contributed by atoms with van der Waals surface area (Å²) in [5.74, 6) is 0.453. The summed E-state index contributed by atoms with van der Waals surface area (Å²) < 4.78 is 10.7. The van der Waals surface area contributed by atoms with Crippen LogP contribution in [-0.4, -0.2) is 30.6 Å². The average Bonchev–Trinajstić information content (AvgIpc) is 3.38. The number of hydrogen-bond acceptors (Lipinski definition) is 5. The molecule has 31 heavy (non-hydrogen) atoms. The number of rotatable bonds is 3. The van der Waals surface area contributed by atoms with E-state index in [1.54, 1.807) is 55.0 Å². The quantitative estimate of drug-likeness (QED) is 0.456. The summed E-state index contributed by atoms with van der Waals surface area (Å²) in [4.78, 5) is 21.5. The number of hydrogen-bond donors (Lipinski definition) is 0. The van der Waals surface area contributed by atoms with E-state index in [9.17, 15) is 4.79 Å². The lowest BCUT2D eigenvalue weighted by molar-refractivity contribution is 0.402. The first-order valence-electron chi connectivity index (χ1n) is 9.60. The number of methoxy groups -OCH3 is 1. The second-order valence-electron chi connectivity index (χ2n) is 7.26. The Labute approximate surface area is 177 Å². The molecule has 0 N–H and O–H groups in total. The smallest absolute Gasteiger partial charge is 0.328 e. The van der Waals surface area contributed by atoms with Crippen molar-refractivity contribution in [3.05, 3.63) is 71.0 Å². The highest BCUT2D eigenvalue weighted by Gasteiger charge is 2.19. The van der Waals surface area contributed by atoms with E-state index in [2.05, 4.69) is 11.1 Å². The molecule has 5 aromatic rings. The first-order valence-corrected chi connectivity index (χ1v) is 9.60. The van der Waals surface area contributed by atoms with E-state index in [4.69, 9.17) is 15.0 Å². The standard InChI is InChI=1S/C23H18N6O2/c1-27-17-9-8-16(10-18(17)28(2)23(27)30)21-20(15-6-4-14(11-24)5-7-15)26-22(31-3)19-12-25-13-29(19)21/h4-10,12-13H,1-3H3. The zero-order chi connectivity index (χ0) is 21.7. The van der Waals surface area contributed by atoms with Crippen LogP contribution in [0.3, 0.4) is 0 Å². The Kier molecular flexibility index (Phi) is 4.12. The lowest BCUT2D eigenvalue weighted by atomic mass is 10.0. The molecule has 0 radical (unpaired) electrons. The first kappa shape index (κ1) is 18.6. The van der Waals surface area contributed by atoms with Gasteiger partial charge in [-0.05, 0) is 24.3 Å². The highest BCUT2D eigenvalue weighted by Crippen LogP contribution is 2.35. The normalized spacial score (nSPS) is 11.2. The Morgan fingerprint density at radius 3 is 2.39 bits per heavy atom. The van der Waals surface area contributed by atoms with Gasteiger partial charge in [-0.25, -0.2) is 14.8 Å². The van der Waals surface area contributed by atoms with E-state index in [1.165, 1.54) is 0 Å². The van der Waals surface area contributed by atoms with Gasteiger partial charge in [0, 0.05) is 25.2 Å². The highest BCUT2D eigenvalue weighted by molar-refractivity contribution is 5.88. The second kappa shape index (κ2) is 6.85. The fourth-order valence-electron chi connectivity index (χ4n) is 3.94. The van der Waals surface area contributed by atoms with Crippen LogP contribution in [0, 0.1) is 11.3 Å². The summed E-state index contributed by atoms with van der Waals surface area (Å²) in [6.45, 7) is 0. The molecule has 3 heterocycles. The monoisotopic (exact) mass is 410 g/mol. The predicted octanol–water partition coefficient (Wildman–Crippen LogP) is 3.13. The van der Waals surface area contributed by atoms with Crippen LogP contribution in [-0.2, 0) is 14.1 Å². The van der Waals surface area contributed by atoms with Crippen LogP contribution >= 0.6 is 0 Å². The molecule has 0 spiro atoms. The maximum Gasteiger partial charge on any atom is 0.328 e. The van der Waals surface area contributed by atoms with Gasteiger partial charge in [-0.2, -0.15) is 5.26 Å². The summed E-state index contributed by atoms with van der Waals surface area (Å²) in [5.41, 5.74) is 6.11. The Balaban J connectivity index is 1.86. The maximum absolute atomic E-state index is 12.4. The largest absolute Gasteiger partial charge is 0.479 e. The number of benzene rings is 2. The molecule has 8 heteroatoms. The fourth-order valence-corrected chi connectivity index (χ4v) is 3.94. The molecule has 5 rings (SSSR count). The summed E-state index contributed by atoms with van der Waals surface area (Å²) in [5, 5.41) is 9.15. The summed E-state index contributed by atoms with van der Waals surface area (Å²) in [6, 6.07) is 15.3. The summed E-state index contributed by atoms with van der Waals surface area (Å²) in [7, 11) is 5.09. The van der Waals surface area contributed by atoms with Crippen LogP contribution in [0.2, 0.25) is 0 Å². The van der Waals surface area contributed by atoms with Gasteiger partial charge in [0.1, 0.15) is 5.52 Å². The SMILES string of the molecule is COc1nc(-c2ccc(C#N)cc2)c(-c2ccc3c(c2)n(C)c(=O)n3C)n2cncc12. The van der Waals surface area contributed by atoms with E-state index in [0.29, 0.717) is 17.1 Å². The second-order valence-corrected chi connectivity index (χ2v) is 7.26. The molecule has 0 amide bonds. The third-order valence-corrected chi connectivity index (χ3v) is 5.56. The fraction of sp³-hybridized carbons (Fsp3) is 0.130. The topological polar surface area (TPSA) is 90.1 Å². The van der Waals surface area contributed by atoms with Crippen molar-refractivity contribution in [2.24, 2.45) is 14.1 Å². The van der Waals surface area contributed by atoms with Crippen molar-refractivity contribution in [2.75, 3.05) is 7.11 Å². The summed E-state index contributed by atoms with van der Waals surface area (Å²) in [6.07, 6.45) is 3.42. The molecule has 0 fully saturated rings. The highest BCUT2D eigenvalue weighted by atomic mass is 16.5. The molecular formula is C23H18N6O2. The first-order chi connectivity index (χ1) is 15.0. The Hall–Kier alpha value is -4.38. The predicted molar refractivity (Wildman–Crippen MR) is 117 cm³/mol. The number of fused-ring (bicyclic) bond motifs is 2. The number of nitrogens with zero attached hydrogens (tertiary/aromatic N) is 6. The molecule has 2 aromatic carbocycles. The van der Waals surface area contributed by atoms with E-state index >= 15 is 0 Å². The molecular weight excluding hydrogens is 392 g/mol. The molecule has 3 aromatic heterocycles. The van der Waals surface area contributed by atoms with Crippen molar-refractivity contribution in [2.45, 2.75) is 0 Å². The minimum Gasteiger partial charge on any atom is -0.479 e. The van der Waals surface area contributed by atoms with Gasteiger partial charge in [-0.3, -0.25) is 13.5 Å². The van der Waals surface area contributed by atoms with Crippen LogP contribution in [0.1, 0.15) is 5.56 Å². The van der Waals surface area contributed by atoms with Crippen molar-refractivity contribution in [3.63, 3.8) is 0 Å². The zero-order valence-corrected chi connectivity index (χ0v) is 17.2. The van der Waals surface area contributed by atoms with Gasteiger partial charge in [-0.1, -0.05) is 18.2 Å². The number of aryl methyl sites for hydroxylation is 2. The molecule has 8 nitrogen and oxygen atoms in total. The van der Waals surface area contributed by atoms with E-state index < -0.39 is 0 Å².